The Kier molecular flexibility index (Phi) is 7.22. The highest BCUT2D eigenvalue weighted by atomic mass is 16.5. The Labute approximate surface area is 182 Å². The van der Waals surface area contributed by atoms with Crippen LogP contribution in [-0.4, -0.2) is 31.1 Å². The molecule has 1 aromatic heterocycles. The molecule has 0 unspecified atom stereocenters. The number of aliphatic imine (C=N–C) groups is 1. The number of carbonyl (C=O) groups excluding carboxylic acids is 1. The molecule has 0 radical (unpaired) electrons. The first kappa shape index (κ1) is 21.8. The molecular formula is C24H26N4O3. The van der Waals surface area contributed by atoms with E-state index in [1.807, 2.05) is 50.2 Å². The van der Waals surface area contributed by atoms with E-state index in [4.69, 9.17) is 9.47 Å². The fraction of sp³-hybridized carbons (Fsp3) is 0.208. The predicted octanol–water partition coefficient (Wildman–Crippen LogP) is 4.11. The maximum absolute atomic E-state index is 12.9. The zero-order valence-corrected chi connectivity index (χ0v) is 18.1. The summed E-state index contributed by atoms with van der Waals surface area (Å²) in [6.07, 6.45) is 1.71. The Balaban J connectivity index is 1.86. The number of methoxy groups -OCH3 is 2. The standard InChI is InChI=1S/C24H26N4O3/c1-16-8-7-10-20(17(16)2)27-24(26-15-19-9-5-6-13-25-19)28-23(29)18-11-12-21(30-3)22(14-18)31-4/h5-14H,15H2,1-4H3,(H2,26,27,28,29). The summed E-state index contributed by atoms with van der Waals surface area (Å²) in [4.78, 5) is 21.8. The molecule has 0 atom stereocenters. The summed E-state index contributed by atoms with van der Waals surface area (Å²) < 4.78 is 10.5. The second-order valence-electron chi connectivity index (χ2n) is 6.88. The highest BCUT2D eigenvalue weighted by Gasteiger charge is 2.14. The number of aryl methyl sites for hydroxylation is 1. The summed E-state index contributed by atoms with van der Waals surface area (Å²) in [6, 6.07) is 16.6. The van der Waals surface area contributed by atoms with Crippen molar-refractivity contribution >= 4 is 17.6 Å². The van der Waals surface area contributed by atoms with Gasteiger partial charge in [-0.15, -0.1) is 0 Å². The van der Waals surface area contributed by atoms with Gasteiger partial charge in [-0.1, -0.05) is 18.2 Å². The molecule has 31 heavy (non-hydrogen) atoms. The van der Waals surface area contributed by atoms with E-state index >= 15 is 0 Å². The number of hydrogen-bond acceptors (Lipinski definition) is 5. The maximum Gasteiger partial charge on any atom is 0.258 e. The van der Waals surface area contributed by atoms with Gasteiger partial charge >= 0.3 is 0 Å². The molecule has 1 amide bonds. The summed E-state index contributed by atoms with van der Waals surface area (Å²) in [5, 5.41) is 6.11. The van der Waals surface area contributed by atoms with Crippen molar-refractivity contribution in [3.8, 4) is 11.5 Å². The van der Waals surface area contributed by atoms with Gasteiger partial charge in [-0.2, -0.15) is 0 Å². The van der Waals surface area contributed by atoms with Crippen LogP contribution < -0.4 is 20.1 Å². The van der Waals surface area contributed by atoms with Gasteiger partial charge in [-0.25, -0.2) is 4.99 Å². The van der Waals surface area contributed by atoms with E-state index in [1.165, 1.54) is 7.11 Å². The van der Waals surface area contributed by atoms with E-state index in [1.54, 1.807) is 31.5 Å². The summed E-state index contributed by atoms with van der Waals surface area (Å²) in [5.41, 5.74) is 4.30. The van der Waals surface area contributed by atoms with Gasteiger partial charge < -0.3 is 14.8 Å². The topological polar surface area (TPSA) is 84.8 Å². The molecule has 0 fully saturated rings. The first-order valence-electron chi connectivity index (χ1n) is 9.82. The third-order valence-corrected chi connectivity index (χ3v) is 4.86. The second kappa shape index (κ2) is 10.2. The molecule has 160 valence electrons. The van der Waals surface area contributed by atoms with Crippen molar-refractivity contribution in [1.82, 2.24) is 10.3 Å². The van der Waals surface area contributed by atoms with Crippen molar-refractivity contribution in [3.63, 3.8) is 0 Å². The van der Waals surface area contributed by atoms with E-state index in [0.717, 1.165) is 22.5 Å². The third-order valence-electron chi connectivity index (χ3n) is 4.86. The number of anilines is 1. The minimum Gasteiger partial charge on any atom is -0.493 e. The molecule has 3 aromatic rings. The second-order valence-corrected chi connectivity index (χ2v) is 6.88. The van der Waals surface area contributed by atoms with Crippen molar-refractivity contribution < 1.29 is 14.3 Å². The van der Waals surface area contributed by atoms with Crippen LogP contribution in [0, 0.1) is 13.8 Å². The number of rotatable bonds is 6. The van der Waals surface area contributed by atoms with E-state index in [9.17, 15) is 4.79 Å². The lowest BCUT2D eigenvalue weighted by Gasteiger charge is -2.15. The number of nitrogens with one attached hydrogen (secondary N) is 2. The van der Waals surface area contributed by atoms with Crippen LogP contribution in [-0.2, 0) is 6.54 Å². The number of carbonyl (C=O) groups is 1. The van der Waals surface area contributed by atoms with Gasteiger partial charge in [-0.05, 0) is 61.4 Å². The van der Waals surface area contributed by atoms with Crippen molar-refractivity contribution in [2.24, 2.45) is 4.99 Å². The van der Waals surface area contributed by atoms with Crippen molar-refractivity contribution in [1.29, 1.82) is 0 Å². The van der Waals surface area contributed by atoms with Gasteiger partial charge in [0.05, 0.1) is 26.5 Å². The number of pyridine rings is 1. The lowest BCUT2D eigenvalue weighted by molar-refractivity contribution is 0.0976. The van der Waals surface area contributed by atoms with Gasteiger partial charge in [-0.3, -0.25) is 15.1 Å². The number of benzene rings is 2. The summed E-state index contributed by atoms with van der Waals surface area (Å²) in [6.45, 7) is 4.37. The van der Waals surface area contributed by atoms with Crippen LogP contribution in [0.5, 0.6) is 11.5 Å². The lowest BCUT2D eigenvalue weighted by Crippen LogP contribution is -2.36. The van der Waals surface area contributed by atoms with Gasteiger partial charge in [0.25, 0.3) is 5.91 Å². The Morgan fingerprint density at radius 3 is 2.52 bits per heavy atom. The fourth-order valence-corrected chi connectivity index (χ4v) is 2.93. The molecule has 0 aliphatic carbocycles. The molecule has 7 heteroatoms. The molecule has 0 bridgehead atoms. The first-order valence-corrected chi connectivity index (χ1v) is 9.82. The minimum absolute atomic E-state index is 0.320. The fourth-order valence-electron chi connectivity index (χ4n) is 2.93. The van der Waals surface area contributed by atoms with Crippen LogP contribution >= 0.6 is 0 Å². The summed E-state index contributed by atoms with van der Waals surface area (Å²) in [7, 11) is 3.08. The number of guanidine groups is 1. The average Bonchev–Trinajstić information content (AvgIpc) is 2.80. The van der Waals surface area contributed by atoms with Crippen LogP contribution in [0.1, 0.15) is 27.2 Å². The highest BCUT2D eigenvalue weighted by Crippen LogP contribution is 2.27. The predicted molar refractivity (Wildman–Crippen MR) is 122 cm³/mol. The monoisotopic (exact) mass is 418 g/mol. The molecule has 0 saturated heterocycles. The van der Waals surface area contributed by atoms with Crippen LogP contribution in [0.2, 0.25) is 0 Å². The zero-order valence-electron chi connectivity index (χ0n) is 18.1. The molecule has 0 aliphatic rings. The molecule has 3 rings (SSSR count). The number of hydrogen-bond donors (Lipinski definition) is 2. The molecule has 2 N–H and O–H groups in total. The lowest BCUT2D eigenvalue weighted by atomic mass is 10.1. The zero-order chi connectivity index (χ0) is 22.2. The minimum atomic E-state index is -0.321. The molecular weight excluding hydrogens is 392 g/mol. The van der Waals surface area contributed by atoms with Gasteiger partial charge in [0.1, 0.15) is 0 Å². The van der Waals surface area contributed by atoms with E-state index in [2.05, 4.69) is 20.6 Å². The van der Waals surface area contributed by atoms with Crippen molar-refractivity contribution in [3.05, 3.63) is 83.2 Å². The van der Waals surface area contributed by atoms with E-state index in [0.29, 0.717) is 29.6 Å². The average molecular weight is 418 g/mol. The Bertz CT molecular complexity index is 1080. The van der Waals surface area contributed by atoms with Gasteiger partial charge in [0.2, 0.25) is 5.96 Å². The number of nitrogens with zero attached hydrogens (tertiary/aromatic N) is 2. The van der Waals surface area contributed by atoms with Crippen molar-refractivity contribution in [2.75, 3.05) is 19.5 Å². The number of ether oxygens (including phenoxy) is 2. The molecule has 7 nitrogen and oxygen atoms in total. The molecule has 2 aromatic carbocycles. The normalized spacial score (nSPS) is 11.0. The largest absolute Gasteiger partial charge is 0.493 e. The maximum atomic E-state index is 12.9. The van der Waals surface area contributed by atoms with Crippen molar-refractivity contribution in [2.45, 2.75) is 20.4 Å². The Morgan fingerprint density at radius 2 is 1.81 bits per heavy atom. The smallest absolute Gasteiger partial charge is 0.258 e. The van der Waals surface area contributed by atoms with Gasteiger partial charge in [0.15, 0.2) is 11.5 Å². The molecule has 0 spiro atoms. The van der Waals surface area contributed by atoms with E-state index in [-0.39, 0.29) is 5.91 Å². The number of aromatic nitrogens is 1. The molecule has 1 heterocycles. The highest BCUT2D eigenvalue weighted by molar-refractivity contribution is 6.10. The Morgan fingerprint density at radius 1 is 1.00 bits per heavy atom. The summed E-state index contributed by atoms with van der Waals surface area (Å²) >= 11 is 0. The molecule has 0 saturated carbocycles. The Hall–Kier alpha value is -3.87. The summed E-state index contributed by atoms with van der Waals surface area (Å²) in [5.74, 6) is 1.04. The van der Waals surface area contributed by atoms with Crippen LogP contribution in [0.25, 0.3) is 0 Å². The van der Waals surface area contributed by atoms with Gasteiger partial charge in [0, 0.05) is 17.4 Å². The van der Waals surface area contributed by atoms with Crippen LogP contribution in [0.15, 0.2) is 65.8 Å². The third kappa shape index (κ3) is 5.60. The van der Waals surface area contributed by atoms with E-state index < -0.39 is 0 Å². The quantitative estimate of drug-likeness (QED) is 0.465. The number of amides is 1. The SMILES string of the molecule is COc1ccc(C(=O)NC(=NCc2ccccn2)Nc2cccc(C)c2C)cc1OC. The van der Waals surface area contributed by atoms with Crippen LogP contribution in [0.4, 0.5) is 5.69 Å². The first-order chi connectivity index (χ1) is 15.0. The molecule has 0 aliphatic heterocycles. The van der Waals surface area contributed by atoms with Crippen LogP contribution in [0.3, 0.4) is 0 Å².